The minimum Gasteiger partial charge on any atom is -0.493 e. The summed E-state index contributed by atoms with van der Waals surface area (Å²) >= 11 is 0. The van der Waals surface area contributed by atoms with Gasteiger partial charge < -0.3 is 10.5 Å². The highest BCUT2D eigenvalue weighted by molar-refractivity contribution is 5.37. The monoisotopic (exact) mass is 288 g/mol. The molecule has 0 saturated heterocycles. The molecular formula is C18H28N2O. The number of nitrogens with two attached hydrogens (primary N) is 1. The number of hydrogen-bond donors (Lipinski definition) is 1. The van der Waals surface area contributed by atoms with Gasteiger partial charge >= 0.3 is 0 Å². The van der Waals surface area contributed by atoms with Gasteiger partial charge in [0.25, 0.3) is 0 Å². The predicted octanol–water partition coefficient (Wildman–Crippen LogP) is 3.98. The Bertz CT molecular complexity index is 488. The third-order valence-electron chi connectivity index (χ3n) is 3.73. The number of hydrogen-bond acceptors (Lipinski definition) is 3. The second kappa shape index (κ2) is 8.05. The molecule has 3 heteroatoms. The van der Waals surface area contributed by atoms with Gasteiger partial charge in [-0.3, -0.25) is 0 Å². The third kappa shape index (κ3) is 6.18. The molecule has 1 unspecified atom stereocenters. The lowest BCUT2D eigenvalue weighted by Crippen LogP contribution is -2.22. The van der Waals surface area contributed by atoms with Crippen molar-refractivity contribution in [3.05, 3.63) is 29.3 Å². The van der Waals surface area contributed by atoms with Crippen LogP contribution in [0, 0.1) is 23.7 Å². The van der Waals surface area contributed by atoms with Crippen molar-refractivity contribution in [3.8, 4) is 11.8 Å². The molecule has 0 fully saturated rings. The van der Waals surface area contributed by atoms with Gasteiger partial charge in [-0.15, -0.1) is 0 Å². The molecule has 1 rings (SSSR count). The minimum atomic E-state index is -0.274. The van der Waals surface area contributed by atoms with Crippen molar-refractivity contribution in [1.82, 2.24) is 0 Å². The normalized spacial score (nSPS) is 12.8. The van der Waals surface area contributed by atoms with Crippen LogP contribution in [-0.4, -0.2) is 12.6 Å². The molecule has 0 aliphatic heterocycles. The molecule has 0 aliphatic rings. The Labute approximate surface area is 129 Å². The molecular weight excluding hydrogens is 260 g/mol. The summed E-state index contributed by atoms with van der Waals surface area (Å²) in [6, 6.07) is 8.75. The Balaban J connectivity index is 2.60. The van der Waals surface area contributed by atoms with Crippen molar-refractivity contribution < 1.29 is 4.74 Å². The van der Waals surface area contributed by atoms with Gasteiger partial charge in [0.1, 0.15) is 5.75 Å². The van der Waals surface area contributed by atoms with Crippen molar-refractivity contribution in [2.75, 3.05) is 6.61 Å². The van der Waals surface area contributed by atoms with Crippen LogP contribution in [0.1, 0.15) is 51.2 Å². The van der Waals surface area contributed by atoms with Crippen LogP contribution in [0.25, 0.3) is 0 Å². The summed E-state index contributed by atoms with van der Waals surface area (Å²) in [5.74, 6) is 0.930. The summed E-state index contributed by atoms with van der Waals surface area (Å²) in [4.78, 5) is 0. The van der Waals surface area contributed by atoms with E-state index in [1.165, 1.54) is 11.1 Å². The topological polar surface area (TPSA) is 59.0 Å². The number of benzene rings is 1. The highest BCUT2D eigenvalue weighted by atomic mass is 16.5. The molecule has 0 radical (unpaired) electrons. The molecule has 2 N–H and O–H groups in total. The summed E-state index contributed by atoms with van der Waals surface area (Å²) in [5, 5.41) is 9.01. The van der Waals surface area contributed by atoms with Crippen LogP contribution in [0.4, 0.5) is 0 Å². The molecule has 116 valence electrons. The van der Waals surface area contributed by atoms with Crippen molar-refractivity contribution in [2.45, 2.75) is 59.4 Å². The average molecular weight is 288 g/mol. The molecule has 3 nitrogen and oxygen atoms in total. The molecule has 0 heterocycles. The van der Waals surface area contributed by atoms with Crippen LogP contribution in [0.2, 0.25) is 0 Å². The van der Waals surface area contributed by atoms with E-state index >= 15 is 0 Å². The molecule has 0 bridgehead atoms. The van der Waals surface area contributed by atoms with Crippen LogP contribution >= 0.6 is 0 Å². The summed E-state index contributed by atoms with van der Waals surface area (Å²) in [6.07, 6.45) is 3.54. The van der Waals surface area contributed by atoms with Gasteiger partial charge in [-0.1, -0.05) is 24.6 Å². The average Bonchev–Trinajstić information content (AvgIpc) is 2.45. The molecule has 0 amide bonds. The molecule has 1 atom stereocenters. The van der Waals surface area contributed by atoms with Gasteiger partial charge in [-0.05, 0) is 58.1 Å². The maximum absolute atomic E-state index is 9.01. The molecule has 0 aliphatic carbocycles. The van der Waals surface area contributed by atoms with Gasteiger partial charge in [-0.25, -0.2) is 0 Å². The van der Waals surface area contributed by atoms with Gasteiger partial charge in [0.15, 0.2) is 0 Å². The lowest BCUT2D eigenvalue weighted by molar-refractivity contribution is 0.281. The third-order valence-corrected chi connectivity index (χ3v) is 3.73. The number of nitrogens with zero attached hydrogens (tertiary/aromatic N) is 1. The number of nitriles is 1. The fraction of sp³-hybridized carbons (Fsp3) is 0.611. The van der Waals surface area contributed by atoms with E-state index in [0.717, 1.165) is 31.4 Å². The largest absolute Gasteiger partial charge is 0.493 e. The van der Waals surface area contributed by atoms with Crippen LogP contribution < -0.4 is 10.5 Å². The van der Waals surface area contributed by atoms with Crippen LogP contribution in [0.3, 0.4) is 0 Å². The Morgan fingerprint density at radius 2 is 2.10 bits per heavy atom. The molecule has 21 heavy (non-hydrogen) atoms. The molecule has 1 aromatic carbocycles. The zero-order valence-corrected chi connectivity index (χ0v) is 13.8. The zero-order valence-electron chi connectivity index (χ0n) is 13.8. The van der Waals surface area contributed by atoms with Gasteiger partial charge in [0, 0.05) is 6.04 Å². The molecule has 0 spiro atoms. The van der Waals surface area contributed by atoms with E-state index in [2.05, 4.69) is 32.0 Å². The van der Waals surface area contributed by atoms with E-state index in [-0.39, 0.29) is 11.5 Å². The standard InChI is InChI=1S/C18H28N2O/c1-5-16(20)12-15-11-14(2)7-8-17(15)21-10-6-9-18(3,4)13-19/h7-8,11,16H,5-6,9-10,12,20H2,1-4H3. The Morgan fingerprint density at radius 1 is 1.38 bits per heavy atom. The number of ether oxygens (including phenoxy) is 1. The van der Waals surface area contributed by atoms with Gasteiger partial charge in [0.2, 0.25) is 0 Å². The quantitative estimate of drug-likeness (QED) is 0.736. The van der Waals surface area contributed by atoms with E-state index in [4.69, 9.17) is 15.7 Å². The smallest absolute Gasteiger partial charge is 0.122 e. The summed E-state index contributed by atoms with van der Waals surface area (Å²) in [7, 11) is 0. The highest BCUT2D eigenvalue weighted by Crippen LogP contribution is 2.24. The maximum atomic E-state index is 9.01. The molecule has 1 aromatic rings. The first kappa shape index (κ1) is 17.5. The minimum absolute atomic E-state index is 0.173. The van der Waals surface area contributed by atoms with Gasteiger partial charge in [0.05, 0.1) is 18.1 Å². The van der Waals surface area contributed by atoms with Crippen molar-refractivity contribution in [1.29, 1.82) is 5.26 Å². The van der Waals surface area contributed by atoms with Crippen molar-refractivity contribution in [3.63, 3.8) is 0 Å². The van der Waals surface area contributed by atoms with E-state index in [0.29, 0.717) is 6.61 Å². The summed E-state index contributed by atoms with van der Waals surface area (Å²) in [5.41, 5.74) is 8.20. The maximum Gasteiger partial charge on any atom is 0.122 e. The molecule has 0 aromatic heterocycles. The first-order valence-electron chi connectivity index (χ1n) is 7.77. The van der Waals surface area contributed by atoms with E-state index in [1.54, 1.807) is 0 Å². The van der Waals surface area contributed by atoms with E-state index in [9.17, 15) is 0 Å². The van der Waals surface area contributed by atoms with E-state index in [1.807, 2.05) is 19.9 Å². The second-order valence-electron chi connectivity index (χ2n) is 6.43. The SMILES string of the molecule is CCC(N)Cc1cc(C)ccc1OCCCC(C)(C)C#N. The summed E-state index contributed by atoms with van der Waals surface area (Å²) < 4.78 is 5.91. The van der Waals surface area contributed by atoms with Crippen molar-refractivity contribution >= 4 is 0 Å². The van der Waals surface area contributed by atoms with Gasteiger partial charge in [-0.2, -0.15) is 5.26 Å². The van der Waals surface area contributed by atoms with Crippen LogP contribution in [0.5, 0.6) is 5.75 Å². The Hall–Kier alpha value is -1.53. The lowest BCUT2D eigenvalue weighted by atomic mass is 9.90. The number of rotatable bonds is 8. The number of aryl methyl sites for hydroxylation is 1. The van der Waals surface area contributed by atoms with E-state index < -0.39 is 0 Å². The second-order valence-corrected chi connectivity index (χ2v) is 6.43. The fourth-order valence-electron chi connectivity index (χ4n) is 2.19. The predicted molar refractivity (Wildman–Crippen MR) is 87.3 cm³/mol. The zero-order chi connectivity index (χ0) is 15.9. The first-order chi connectivity index (χ1) is 9.88. The van der Waals surface area contributed by atoms with Crippen LogP contribution in [0.15, 0.2) is 18.2 Å². The van der Waals surface area contributed by atoms with Crippen LogP contribution in [-0.2, 0) is 6.42 Å². The first-order valence-corrected chi connectivity index (χ1v) is 7.77. The lowest BCUT2D eigenvalue weighted by Gasteiger charge is -2.17. The Kier molecular flexibility index (Phi) is 6.71. The fourth-order valence-corrected chi connectivity index (χ4v) is 2.19. The Morgan fingerprint density at radius 3 is 2.71 bits per heavy atom. The molecule has 0 saturated carbocycles. The highest BCUT2D eigenvalue weighted by Gasteiger charge is 2.16. The van der Waals surface area contributed by atoms with Crippen molar-refractivity contribution in [2.24, 2.45) is 11.1 Å². The summed E-state index contributed by atoms with van der Waals surface area (Å²) in [6.45, 7) is 8.75.